The average Bonchev–Trinajstić information content (AvgIpc) is 3.56. The van der Waals surface area contributed by atoms with Gasteiger partial charge in [0.2, 0.25) is 0 Å². The summed E-state index contributed by atoms with van der Waals surface area (Å²) in [7, 11) is 0. The summed E-state index contributed by atoms with van der Waals surface area (Å²) in [4.78, 5) is 23.5. The van der Waals surface area contributed by atoms with Crippen molar-refractivity contribution >= 4 is 27.8 Å². The van der Waals surface area contributed by atoms with E-state index >= 15 is 0 Å². The number of aromatic amines is 2. The Morgan fingerprint density at radius 1 is 0.968 bits per heavy atom. The van der Waals surface area contributed by atoms with Crippen LogP contribution in [0.15, 0.2) is 72.8 Å². The quantitative estimate of drug-likeness (QED) is 0.438. The Hall–Kier alpha value is -3.93. The first-order chi connectivity index (χ1) is 15.3. The van der Waals surface area contributed by atoms with E-state index in [-0.39, 0.29) is 11.9 Å². The van der Waals surface area contributed by atoms with Gasteiger partial charge in [-0.1, -0.05) is 42.5 Å². The molecule has 1 fully saturated rings. The molecule has 6 heteroatoms. The molecule has 1 amide bonds. The van der Waals surface area contributed by atoms with Crippen molar-refractivity contribution < 1.29 is 4.79 Å². The van der Waals surface area contributed by atoms with Crippen molar-refractivity contribution in [1.29, 1.82) is 0 Å². The number of likely N-dealkylation sites (tertiary alicyclic amines) is 1. The highest BCUT2D eigenvalue weighted by Crippen LogP contribution is 2.34. The second kappa shape index (κ2) is 7.09. The second-order valence-electron chi connectivity index (χ2n) is 8.00. The van der Waals surface area contributed by atoms with Crippen LogP contribution in [-0.4, -0.2) is 37.5 Å². The molecular weight excluding hydrogens is 386 g/mol. The van der Waals surface area contributed by atoms with Crippen LogP contribution in [0.2, 0.25) is 0 Å². The number of amides is 1. The van der Waals surface area contributed by atoms with Crippen LogP contribution < -0.4 is 0 Å². The first kappa shape index (κ1) is 17.9. The van der Waals surface area contributed by atoms with E-state index in [9.17, 15) is 4.79 Å². The molecule has 1 atom stereocenters. The van der Waals surface area contributed by atoms with Crippen molar-refractivity contribution in [1.82, 2.24) is 25.1 Å². The first-order valence-corrected chi connectivity index (χ1v) is 10.6. The number of hydrogen-bond donors (Lipinski definition) is 2. The molecular formula is C25H21N5O. The summed E-state index contributed by atoms with van der Waals surface area (Å²) in [5.74, 6) is 0.755. The van der Waals surface area contributed by atoms with Crippen LogP contribution in [0.3, 0.4) is 0 Å². The molecule has 2 N–H and O–H groups in total. The minimum atomic E-state index is 0.0602. The Labute approximate surface area is 178 Å². The average molecular weight is 407 g/mol. The Balaban J connectivity index is 1.38. The maximum atomic E-state index is 13.5. The standard InChI is InChI=1S/C25H21N5O/c31-25(30-14-6-11-22(30)16-7-2-1-3-8-16)17-12-13-19-18(15-17)23(29-28-19)24-26-20-9-4-5-10-21(20)27-24/h1-5,7-10,12-13,15,22H,6,11,14H2,(H,26,27)(H,28,29). The van der Waals surface area contributed by atoms with Gasteiger partial charge in [0.1, 0.15) is 5.69 Å². The van der Waals surface area contributed by atoms with Gasteiger partial charge >= 0.3 is 0 Å². The van der Waals surface area contributed by atoms with Crippen molar-refractivity contribution in [2.45, 2.75) is 18.9 Å². The fraction of sp³-hybridized carbons (Fsp3) is 0.160. The molecule has 0 saturated carbocycles. The maximum absolute atomic E-state index is 13.5. The van der Waals surface area contributed by atoms with Crippen molar-refractivity contribution in [3.05, 3.63) is 83.9 Å². The summed E-state index contributed by atoms with van der Waals surface area (Å²) in [6.07, 6.45) is 2.01. The number of carbonyl (C=O) groups is 1. The van der Waals surface area contributed by atoms with E-state index in [0.29, 0.717) is 11.4 Å². The minimum absolute atomic E-state index is 0.0602. The molecule has 1 saturated heterocycles. The van der Waals surface area contributed by atoms with Crippen LogP contribution in [0.25, 0.3) is 33.5 Å². The fourth-order valence-electron chi connectivity index (χ4n) is 4.59. The van der Waals surface area contributed by atoms with E-state index in [0.717, 1.165) is 47.0 Å². The highest BCUT2D eigenvalue weighted by molar-refractivity contribution is 6.01. The van der Waals surface area contributed by atoms with Gasteiger partial charge in [0.05, 0.1) is 22.6 Å². The van der Waals surface area contributed by atoms with Gasteiger partial charge in [-0.05, 0) is 48.7 Å². The number of para-hydroxylation sites is 2. The Bertz CT molecular complexity index is 1370. The normalized spacial score (nSPS) is 16.4. The summed E-state index contributed by atoms with van der Waals surface area (Å²) in [5.41, 5.74) is 5.33. The number of fused-ring (bicyclic) bond motifs is 2. The number of nitrogens with one attached hydrogen (secondary N) is 2. The highest BCUT2D eigenvalue weighted by Gasteiger charge is 2.30. The molecule has 5 aromatic rings. The second-order valence-corrected chi connectivity index (χ2v) is 8.00. The van der Waals surface area contributed by atoms with Crippen LogP contribution >= 0.6 is 0 Å². The van der Waals surface area contributed by atoms with Gasteiger partial charge in [-0.25, -0.2) is 4.98 Å². The SMILES string of the molecule is O=C(c1ccc2[nH]nc(-c3nc4ccccc4[nH]3)c2c1)N1CCCC1c1ccccc1. The number of aromatic nitrogens is 4. The Morgan fingerprint density at radius 3 is 2.68 bits per heavy atom. The predicted octanol–water partition coefficient (Wildman–Crippen LogP) is 5.08. The fourth-order valence-corrected chi connectivity index (χ4v) is 4.59. The third-order valence-electron chi connectivity index (χ3n) is 6.12. The monoisotopic (exact) mass is 407 g/mol. The Morgan fingerprint density at radius 2 is 1.81 bits per heavy atom. The van der Waals surface area contributed by atoms with Gasteiger partial charge in [0, 0.05) is 17.5 Å². The van der Waals surface area contributed by atoms with E-state index in [2.05, 4.69) is 32.3 Å². The summed E-state index contributed by atoms with van der Waals surface area (Å²) in [6.45, 7) is 0.776. The predicted molar refractivity (Wildman–Crippen MR) is 121 cm³/mol. The van der Waals surface area contributed by atoms with Gasteiger partial charge in [-0.15, -0.1) is 0 Å². The van der Waals surface area contributed by atoms with Gasteiger partial charge in [0.15, 0.2) is 5.82 Å². The lowest BCUT2D eigenvalue weighted by molar-refractivity contribution is 0.0736. The summed E-state index contributed by atoms with van der Waals surface area (Å²) >= 11 is 0. The van der Waals surface area contributed by atoms with Crippen LogP contribution in [0.4, 0.5) is 0 Å². The third-order valence-corrected chi connectivity index (χ3v) is 6.12. The van der Waals surface area contributed by atoms with Crippen LogP contribution in [0.5, 0.6) is 0 Å². The molecule has 6 rings (SSSR count). The van der Waals surface area contributed by atoms with Gasteiger partial charge < -0.3 is 9.88 Å². The molecule has 0 bridgehead atoms. The molecule has 1 aliphatic rings. The molecule has 3 heterocycles. The zero-order valence-corrected chi connectivity index (χ0v) is 16.9. The molecule has 6 nitrogen and oxygen atoms in total. The lowest BCUT2D eigenvalue weighted by Crippen LogP contribution is -2.30. The van der Waals surface area contributed by atoms with E-state index in [1.54, 1.807) is 0 Å². The van der Waals surface area contributed by atoms with Crippen LogP contribution in [0, 0.1) is 0 Å². The number of rotatable bonds is 3. The zero-order valence-electron chi connectivity index (χ0n) is 16.9. The highest BCUT2D eigenvalue weighted by atomic mass is 16.2. The van der Waals surface area contributed by atoms with E-state index in [1.807, 2.05) is 65.6 Å². The van der Waals surface area contributed by atoms with Gasteiger partial charge in [0.25, 0.3) is 5.91 Å². The molecule has 2 aromatic heterocycles. The summed E-state index contributed by atoms with van der Waals surface area (Å²) in [5, 5.41) is 8.43. The van der Waals surface area contributed by atoms with Gasteiger partial charge in [-0.2, -0.15) is 5.10 Å². The van der Waals surface area contributed by atoms with Crippen molar-refractivity contribution in [2.75, 3.05) is 6.54 Å². The zero-order chi connectivity index (χ0) is 20.8. The van der Waals surface area contributed by atoms with E-state index < -0.39 is 0 Å². The molecule has 31 heavy (non-hydrogen) atoms. The Kier molecular flexibility index (Phi) is 4.09. The molecule has 3 aromatic carbocycles. The number of carbonyl (C=O) groups excluding carboxylic acids is 1. The molecule has 0 aliphatic carbocycles. The molecule has 152 valence electrons. The summed E-state index contributed by atoms with van der Waals surface area (Å²) < 4.78 is 0. The van der Waals surface area contributed by atoms with E-state index in [4.69, 9.17) is 0 Å². The number of hydrogen-bond acceptors (Lipinski definition) is 3. The van der Waals surface area contributed by atoms with Gasteiger partial charge in [-0.3, -0.25) is 9.89 Å². The number of nitrogens with zero attached hydrogens (tertiary/aromatic N) is 3. The third kappa shape index (κ3) is 2.99. The van der Waals surface area contributed by atoms with Crippen molar-refractivity contribution in [3.8, 4) is 11.5 Å². The largest absolute Gasteiger partial charge is 0.337 e. The number of benzene rings is 3. The van der Waals surface area contributed by atoms with Crippen molar-refractivity contribution in [3.63, 3.8) is 0 Å². The smallest absolute Gasteiger partial charge is 0.254 e. The van der Waals surface area contributed by atoms with E-state index in [1.165, 1.54) is 5.56 Å². The molecule has 1 unspecified atom stereocenters. The maximum Gasteiger partial charge on any atom is 0.254 e. The molecule has 1 aliphatic heterocycles. The lowest BCUT2D eigenvalue weighted by Gasteiger charge is -2.25. The summed E-state index contributed by atoms with van der Waals surface area (Å²) in [6, 6.07) is 24.1. The van der Waals surface area contributed by atoms with Crippen LogP contribution in [0.1, 0.15) is 34.8 Å². The number of imidazole rings is 1. The first-order valence-electron chi connectivity index (χ1n) is 10.6. The minimum Gasteiger partial charge on any atom is -0.337 e. The molecule has 0 radical (unpaired) electrons. The molecule has 0 spiro atoms. The van der Waals surface area contributed by atoms with Crippen molar-refractivity contribution in [2.24, 2.45) is 0 Å². The lowest BCUT2D eigenvalue weighted by atomic mass is 10.0. The topological polar surface area (TPSA) is 77.7 Å². The number of H-pyrrole nitrogens is 2. The van der Waals surface area contributed by atoms with Crippen LogP contribution in [-0.2, 0) is 0 Å².